The third kappa shape index (κ3) is 4.82. The molecule has 2 heterocycles. The molecule has 1 unspecified atom stereocenters. The smallest absolute Gasteiger partial charge is 0.247 e. The number of benzene rings is 3. The van der Waals surface area contributed by atoms with Crippen LogP contribution in [0.5, 0.6) is 11.6 Å². The first-order valence-electron chi connectivity index (χ1n) is 10.6. The highest BCUT2D eigenvalue weighted by atomic mass is 79.9. The van der Waals surface area contributed by atoms with Crippen LogP contribution in [0.25, 0.3) is 11.3 Å². The lowest BCUT2D eigenvalue weighted by Crippen LogP contribution is -2.18. The van der Waals surface area contributed by atoms with Crippen LogP contribution in [0.4, 0.5) is 5.69 Å². The Labute approximate surface area is 204 Å². The van der Waals surface area contributed by atoms with Gasteiger partial charge in [-0.2, -0.15) is 4.98 Å². The van der Waals surface area contributed by atoms with E-state index in [0.29, 0.717) is 23.3 Å². The third-order valence-corrected chi connectivity index (χ3v) is 6.36. The lowest BCUT2D eigenvalue weighted by Gasteiger charge is -2.22. The van der Waals surface area contributed by atoms with E-state index >= 15 is 0 Å². The monoisotopic (exact) mass is 520 g/mol. The number of thioether (sulfide) groups is 1. The third-order valence-electron chi connectivity index (χ3n) is 5.12. The molecule has 1 aliphatic rings. The summed E-state index contributed by atoms with van der Waals surface area (Å²) in [6.07, 6.45) is -0.510. The van der Waals surface area contributed by atoms with Crippen molar-refractivity contribution in [2.24, 2.45) is 0 Å². The SMILES string of the molecule is CCSc1nnc2c(n1)OC(c1ccccc1OCc1ccc(Br)cc1)Nc1ccccc1-2. The second kappa shape index (κ2) is 9.80. The molecule has 1 aromatic heterocycles. The Bertz CT molecular complexity index is 1270. The fraction of sp³-hybridized carbons (Fsp3) is 0.160. The quantitative estimate of drug-likeness (QED) is 0.291. The number of hydrogen-bond donors (Lipinski definition) is 1. The fourth-order valence-electron chi connectivity index (χ4n) is 3.55. The van der Waals surface area contributed by atoms with E-state index in [4.69, 9.17) is 9.47 Å². The standard InChI is InChI=1S/C25H21BrN4O2S/c1-2-33-25-28-24-22(29-30-25)18-7-3-5-9-20(18)27-23(32-24)19-8-4-6-10-21(19)31-15-16-11-13-17(26)14-12-16/h3-14,23,27H,2,15H2,1H3. The molecule has 166 valence electrons. The van der Waals surface area contributed by atoms with E-state index in [2.05, 4.69) is 43.4 Å². The van der Waals surface area contributed by atoms with E-state index in [1.807, 2.05) is 72.8 Å². The topological polar surface area (TPSA) is 69.2 Å². The average Bonchev–Trinajstić information content (AvgIpc) is 3.00. The molecule has 3 aromatic carbocycles. The van der Waals surface area contributed by atoms with Crippen molar-refractivity contribution in [3.63, 3.8) is 0 Å². The maximum absolute atomic E-state index is 6.40. The molecule has 0 bridgehead atoms. The maximum Gasteiger partial charge on any atom is 0.247 e. The highest BCUT2D eigenvalue weighted by Crippen LogP contribution is 2.41. The summed E-state index contributed by atoms with van der Waals surface area (Å²) in [4.78, 5) is 4.65. The minimum absolute atomic E-state index is 0.450. The Hall–Kier alpha value is -3.10. The molecule has 5 rings (SSSR count). The van der Waals surface area contributed by atoms with E-state index in [-0.39, 0.29) is 0 Å². The molecule has 1 aliphatic heterocycles. The second-order valence-corrected chi connectivity index (χ2v) is 9.47. The van der Waals surface area contributed by atoms with Crippen molar-refractivity contribution in [1.29, 1.82) is 0 Å². The van der Waals surface area contributed by atoms with Crippen molar-refractivity contribution >= 4 is 33.4 Å². The van der Waals surface area contributed by atoms with Crippen LogP contribution in [0.1, 0.15) is 24.3 Å². The first-order chi connectivity index (χ1) is 16.2. The average molecular weight is 521 g/mol. The van der Waals surface area contributed by atoms with Gasteiger partial charge in [-0.15, -0.1) is 10.2 Å². The molecule has 0 radical (unpaired) electrons. The Kier molecular flexibility index (Phi) is 6.46. The number of hydrogen-bond acceptors (Lipinski definition) is 7. The summed E-state index contributed by atoms with van der Waals surface area (Å²) in [5, 5.41) is 12.8. The van der Waals surface area contributed by atoms with Crippen molar-refractivity contribution in [3.05, 3.63) is 88.4 Å². The highest BCUT2D eigenvalue weighted by Gasteiger charge is 2.27. The normalized spacial score (nSPS) is 14.3. The van der Waals surface area contributed by atoms with Gasteiger partial charge in [-0.25, -0.2) is 0 Å². The molecule has 0 amide bonds. The molecule has 0 spiro atoms. The molecule has 1 N–H and O–H groups in total. The number of para-hydroxylation sites is 2. The maximum atomic E-state index is 6.40. The van der Waals surface area contributed by atoms with Gasteiger partial charge in [0.15, 0.2) is 5.69 Å². The lowest BCUT2D eigenvalue weighted by molar-refractivity contribution is 0.214. The lowest BCUT2D eigenvalue weighted by atomic mass is 10.1. The molecular weight excluding hydrogens is 500 g/mol. The summed E-state index contributed by atoms with van der Waals surface area (Å²) < 4.78 is 13.6. The summed E-state index contributed by atoms with van der Waals surface area (Å²) >= 11 is 5.00. The summed E-state index contributed by atoms with van der Waals surface area (Å²) in [6, 6.07) is 23.9. The Balaban J connectivity index is 1.50. The fourth-order valence-corrected chi connectivity index (χ4v) is 4.32. The Morgan fingerprint density at radius 1 is 1.00 bits per heavy atom. The van der Waals surface area contributed by atoms with Crippen molar-refractivity contribution < 1.29 is 9.47 Å². The van der Waals surface area contributed by atoms with Gasteiger partial charge in [0.25, 0.3) is 0 Å². The van der Waals surface area contributed by atoms with Gasteiger partial charge < -0.3 is 14.8 Å². The number of nitrogens with one attached hydrogen (secondary N) is 1. The van der Waals surface area contributed by atoms with Gasteiger partial charge in [0, 0.05) is 15.7 Å². The second-order valence-electron chi connectivity index (χ2n) is 7.32. The van der Waals surface area contributed by atoms with E-state index < -0.39 is 6.23 Å². The van der Waals surface area contributed by atoms with E-state index in [1.165, 1.54) is 11.8 Å². The van der Waals surface area contributed by atoms with Crippen LogP contribution in [0.2, 0.25) is 0 Å². The molecule has 0 aliphatic carbocycles. The van der Waals surface area contributed by atoms with Crippen LogP contribution in [0.3, 0.4) is 0 Å². The predicted molar refractivity (Wildman–Crippen MR) is 134 cm³/mol. The molecule has 4 aromatic rings. The molecule has 33 heavy (non-hydrogen) atoms. The molecular formula is C25H21BrN4O2S. The van der Waals surface area contributed by atoms with Crippen molar-refractivity contribution in [3.8, 4) is 22.9 Å². The Morgan fingerprint density at radius 3 is 2.64 bits per heavy atom. The largest absolute Gasteiger partial charge is 0.488 e. The minimum Gasteiger partial charge on any atom is -0.488 e. The zero-order valence-electron chi connectivity index (χ0n) is 17.9. The van der Waals surface area contributed by atoms with Crippen molar-refractivity contribution in [1.82, 2.24) is 15.2 Å². The molecule has 0 saturated heterocycles. The van der Waals surface area contributed by atoms with Crippen LogP contribution >= 0.6 is 27.7 Å². The van der Waals surface area contributed by atoms with E-state index in [9.17, 15) is 0 Å². The van der Waals surface area contributed by atoms with Crippen molar-refractivity contribution in [2.75, 3.05) is 11.1 Å². The first kappa shape index (κ1) is 21.7. The number of fused-ring (bicyclic) bond motifs is 3. The van der Waals surface area contributed by atoms with Crippen LogP contribution in [0, 0.1) is 0 Å². The van der Waals surface area contributed by atoms with Gasteiger partial charge >= 0.3 is 0 Å². The van der Waals surface area contributed by atoms with Gasteiger partial charge in [-0.05, 0) is 41.6 Å². The summed E-state index contributed by atoms with van der Waals surface area (Å²) in [6.45, 7) is 2.50. The van der Waals surface area contributed by atoms with E-state index in [1.54, 1.807) is 0 Å². The van der Waals surface area contributed by atoms with Gasteiger partial charge in [0.2, 0.25) is 17.3 Å². The zero-order chi connectivity index (χ0) is 22.6. The number of ether oxygens (including phenoxy) is 2. The number of nitrogens with zero attached hydrogens (tertiary/aromatic N) is 3. The minimum atomic E-state index is -0.510. The number of halogens is 1. The van der Waals surface area contributed by atoms with Gasteiger partial charge in [0.1, 0.15) is 12.4 Å². The van der Waals surface area contributed by atoms with Gasteiger partial charge in [0.05, 0.1) is 5.56 Å². The molecule has 6 nitrogen and oxygen atoms in total. The van der Waals surface area contributed by atoms with E-state index in [0.717, 1.165) is 38.4 Å². The number of aromatic nitrogens is 3. The first-order valence-corrected chi connectivity index (χ1v) is 12.4. The summed E-state index contributed by atoms with van der Waals surface area (Å²) in [5.41, 5.74) is 4.37. The molecule has 1 atom stereocenters. The van der Waals surface area contributed by atoms with Crippen LogP contribution in [0.15, 0.2) is 82.4 Å². The number of anilines is 1. The molecule has 0 fully saturated rings. The molecule has 0 saturated carbocycles. The van der Waals surface area contributed by atoms with Crippen molar-refractivity contribution in [2.45, 2.75) is 24.9 Å². The summed E-state index contributed by atoms with van der Waals surface area (Å²) in [7, 11) is 0. The highest BCUT2D eigenvalue weighted by molar-refractivity contribution is 9.10. The Morgan fingerprint density at radius 2 is 1.79 bits per heavy atom. The van der Waals surface area contributed by atoms with Gasteiger partial charge in [-0.1, -0.05) is 77.1 Å². The predicted octanol–water partition coefficient (Wildman–Crippen LogP) is 6.50. The molecule has 8 heteroatoms. The summed E-state index contributed by atoms with van der Waals surface area (Å²) in [5.74, 6) is 2.04. The van der Waals surface area contributed by atoms with Crippen LogP contribution in [-0.4, -0.2) is 20.9 Å². The van der Waals surface area contributed by atoms with Gasteiger partial charge in [-0.3, -0.25) is 0 Å². The van der Waals surface area contributed by atoms with Crippen LogP contribution < -0.4 is 14.8 Å². The zero-order valence-corrected chi connectivity index (χ0v) is 20.3. The number of rotatable bonds is 6. The van der Waals surface area contributed by atoms with Crippen LogP contribution in [-0.2, 0) is 6.61 Å².